The summed E-state index contributed by atoms with van der Waals surface area (Å²) in [5.74, 6) is 1.76. The highest BCUT2D eigenvalue weighted by Gasteiger charge is 2.29. The molecule has 10 heteroatoms. The molecule has 10 nitrogen and oxygen atoms in total. The van der Waals surface area contributed by atoms with Crippen molar-refractivity contribution in [1.29, 1.82) is 5.26 Å². The first-order valence-electron chi connectivity index (χ1n) is 14.8. The lowest BCUT2D eigenvalue weighted by molar-refractivity contribution is -0.126. The molecule has 2 fully saturated rings. The van der Waals surface area contributed by atoms with Crippen molar-refractivity contribution in [2.75, 3.05) is 76.9 Å². The Balaban J connectivity index is 0.000000408. The zero-order valence-corrected chi connectivity index (χ0v) is 25.9. The second-order valence-corrected chi connectivity index (χ2v) is 10.7. The van der Waals surface area contributed by atoms with E-state index in [-0.39, 0.29) is 5.91 Å². The van der Waals surface area contributed by atoms with E-state index >= 15 is 0 Å². The lowest BCUT2D eigenvalue weighted by Gasteiger charge is -2.38. The Morgan fingerprint density at radius 2 is 1.63 bits per heavy atom. The summed E-state index contributed by atoms with van der Waals surface area (Å²) in [6.45, 7) is 11.9. The molecule has 3 aromatic rings. The van der Waals surface area contributed by atoms with E-state index in [4.69, 9.17) is 24.7 Å². The van der Waals surface area contributed by atoms with Crippen molar-refractivity contribution in [2.24, 2.45) is 0 Å². The molecule has 0 radical (unpaired) electrons. The standard InChI is InChI=1S/C26H29N5O3.C5H11N.C2H3N/c1-4-23(32)29-13-15-30(16-14-29)25-19-11-12-31(17-20(19)27-26(28-25)34-3)21-9-5-7-18-8-6-10-22(33-2)24(18)21;1-6-4-2-3-5-6;1-2-3/h4-10H,1,11-17H2,2-3H3;2-5H2,1H3;1H3. The van der Waals surface area contributed by atoms with Crippen molar-refractivity contribution in [3.05, 3.63) is 60.3 Å². The van der Waals surface area contributed by atoms with Gasteiger partial charge in [0.25, 0.3) is 0 Å². The van der Waals surface area contributed by atoms with Crippen molar-refractivity contribution in [2.45, 2.75) is 32.7 Å². The molecule has 2 saturated heterocycles. The number of rotatable bonds is 5. The summed E-state index contributed by atoms with van der Waals surface area (Å²) < 4.78 is 11.2. The summed E-state index contributed by atoms with van der Waals surface area (Å²) >= 11 is 0. The zero-order valence-electron chi connectivity index (χ0n) is 25.9. The largest absolute Gasteiger partial charge is 0.496 e. The molecule has 3 aliphatic rings. The van der Waals surface area contributed by atoms with Gasteiger partial charge in [-0.3, -0.25) is 4.79 Å². The van der Waals surface area contributed by atoms with Crippen LogP contribution in [0.2, 0.25) is 0 Å². The molecule has 3 aliphatic heterocycles. The number of carbonyl (C=O) groups excluding carboxylic acids is 1. The molecule has 6 rings (SSSR count). The zero-order chi connectivity index (χ0) is 30.8. The van der Waals surface area contributed by atoms with Crippen LogP contribution < -0.4 is 19.3 Å². The summed E-state index contributed by atoms with van der Waals surface area (Å²) in [6, 6.07) is 14.6. The van der Waals surface area contributed by atoms with E-state index in [1.54, 1.807) is 20.3 Å². The average molecular weight is 586 g/mol. The molecule has 0 bridgehead atoms. The van der Waals surface area contributed by atoms with E-state index in [0.717, 1.165) is 65.3 Å². The van der Waals surface area contributed by atoms with Gasteiger partial charge < -0.3 is 29.1 Å². The van der Waals surface area contributed by atoms with Gasteiger partial charge in [0.1, 0.15) is 11.6 Å². The van der Waals surface area contributed by atoms with Crippen LogP contribution in [0.1, 0.15) is 31.0 Å². The maximum atomic E-state index is 12.0. The second-order valence-electron chi connectivity index (χ2n) is 10.7. The first-order valence-corrected chi connectivity index (χ1v) is 14.8. The highest BCUT2D eigenvalue weighted by atomic mass is 16.5. The number of hydrogen-bond acceptors (Lipinski definition) is 9. The van der Waals surface area contributed by atoms with Crippen LogP contribution in [-0.2, 0) is 17.8 Å². The van der Waals surface area contributed by atoms with Gasteiger partial charge in [0.15, 0.2) is 0 Å². The molecule has 2 aromatic carbocycles. The minimum absolute atomic E-state index is 0.0249. The van der Waals surface area contributed by atoms with Gasteiger partial charge >= 0.3 is 6.01 Å². The van der Waals surface area contributed by atoms with Crippen LogP contribution in [-0.4, -0.2) is 92.8 Å². The molecule has 43 heavy (non-hydrogen) atoms. The third-order valence-corrected chi connectivity index (χ3v) is 8.01. The van der Waals surface area contributed by atoms with Crippen LogP contribution in [0.25, 0.3) is 10.8 Å². The van der Waals surface area contributed by atoms with Gasteiger partial charge in [-0.15, -0.1) is 0 Å². The van der Waals surface area contributed by atoms with Crippen LogP contribution >= 0.6 is 0 Å². The van der Waals surface area contributed by atoms with Crippen LogP contribution in [0.5, 0.6) is 11.8 Å². The first kappa shape index (κ1) is 31.6. The lowest BCUT2D eigenvalue weighted by atomic mass is 10.0. The number of piperazine rings is 1. The Kier molecular flexibility index (Phi) is 11.2. The molecule has 4 heterocycles. The predicted molar refractivity (Wildman–Crippen MR) is 171 cm³/mol. The number of aromatic nitrogens is 2. The summed E-state index contributed by atoms with van der Waals surface area (Å²) in [4.78, 5) is 30.2. The van der Waals surface area contributed by atoms with Crippen molar-refractivity contribution in [1.82, 2.24) is 19.8 Å². The van der Waals surface area contributed by atoms with E-state index in [1.165, 1.54) is 38.9 Å². The van der Waals surface area contributed by atoms with E-state index in [0.29, 0.717) is 25.6 Å². The van der Waals surface area contributed by atoms with Crippen LogP contribution in [0.3, 0.4) is 0 Å². The van der Waals surface area contributed by atoms with Gasteiger partial charge in [-0.25, -0.2) is 0 Å². The summed E-state index contributed by atoms with van der Waals surface area (Å²) in [5, 5.41) is 9.58. The number of fused-ring (bicyclic) bond motifs is 2. The van der Waals surface area contributed by atoms with E-state index < -0.39 is 0 Å². The van der Waals surface area contributed by atoms with Crippen molar-refractivity contribution in [3.63, 3.8) is 0 Å². The monoisotopic (exact) mass is 585 g/mol. The third-order valence-electron chi connectivity index (χ3n) is 8.01. The number of hydrogen-bond donors (Lipinski definition) is 0. The molecule has 1 aromatic heterocycles. The Labute approximate surface area is 255 Å². The maximum absolute atomic E-state index is 12.0. The molecular weight excluding hydrogens is 542 g/mol. The van der Waals surface area contributed by atoms with Crippen LogP contribution in [0.15, 0.2) is 49.1 Å². The molecule has 1 amide bonds. The number of carbonyl (C=O) groups is 1. The third kappa shape index (κ3) is 7.54. The Morgan fingerprint density at radius 1 is 0.953 bits per heavy atom. The average Bonchev–Trinajstić information content (AvgIpc) is 3.54. The fourth-order valence-corrected chi connectivity index (χ4v) is 5.81. The van der Waals surface area contributed by atoms with Gasteiger partial charge in [-0.1, -0.05) is 30.8 Å². The normalized spacial score (nSPS) is 16.2. The van der Waals surface area contributed by atoms with E-state index in [9.17, 15) is 4.79 Å². The number of likely N-dealkylation sites (tertiary alicyclic amines) is 1. The van der Waals surface area contributed by atoms with Gasteiger partial charge in [0.05, 0.1) is 32.5 Å². The quantitative estimate of drug-likeness (QED) is 0.406. The first-order chi connectivity index (χ1) is 20.9. The summed E-state index contributed by atoms with van der Waals surface area (Å²) in [7, 11) is 5.49. The highest BCUT2D eigenvalue weighted by Crippen LogP contribution is 2.38. The summed E-state index contributed by atoms with van der Waals surface area (Å²) in [5.41, 5.74) is 3.27. The fourth-order valence-electron chi connectivity index (χ4n) is 5.81. The second kappa shape index (κ2) is 15.2. The number of anilines is 2. The van der Waals surface area contributed by atoms with Crippen molar-refractivity contribution >= 4 is 28.2 Å². The molecule has 0 N–H and O–H groups in total. The van der Waals surface area contributed by atoms with Gasteiger partial charge in [0.2, 0.25) is 5.91 Å². The molecule has 0 spiro atoms. The number of benzene rings is 2. The highest BCUT2D eigenvalue weighted by molar-refractivity contribution is 5.99. The summed E-state index contributed by atoms with van der Waals surface area (Å²) in [6.07, 6.45) is 5.03. The fraction of sp³-hybridized carbons (Fsp3) is 0.455. The number of methoxy groups -OCH3 is 2. The van der Waals surface area contributed by atoms with Gasteiger partial charge in [0, 0.05) is 56.3 Å². The Bertz CT molecular complexity index is 1440. The van der Waals surface area contributed by atoms with Gasteiger partial charge in [-0.05, 0) is 63.0 Å². The van der Waals surface area contributed by atoms with E-state index in [1.807, 2.05) is 17.0 Å². The molecule has 0 atom stereocenters. The van der Waals surface area contributed by atoms with Crippen molar-refractivity contribution < 1.29 is 14.3 Å². The lowest BCUT2D eigenvalue weighted by Crippen LogP contribution is -2.49. The van der Waals surface area contributed by atoms with Crippen LogP contribution in [0, 0.1) is 11.3 Å². The number of nitrogens with zero attached hydrogens (tertiary/aromatic N) is 7. The minimum atomic E-state index is -0.0249. The van der Waals surface area contributed by atoms with Gasteiger partial charge in [-0.2, -0.15) is 15.2 Å². The minimum Gasteiger partial charge on any atom is -0.496 e. The van der Waals surface area contributed by atoms with Crippen molar-refractivity contribution in [3.8, 4) is 17.8 Å². The smallest absolute Gasteiger partial charge is 0.318 e. The number of nitriles is 1. The number of ether oxygens (including phenoxy) is 2. The maximum Gasteiger partial charge on any atom is 0.318 e. The molecule has 0 aliphatic carbocycles. The van der Waals surface area contributed by atoms with Crippen LogP contribution in [0.4, 0.5) is 11.5 Å². The topological polar surface area (TPSA) is 98.1 Å². The van der Waals surface area contributed by atoms with E-state index in [2.05, 4.69) is 52.6 Å². The molecular formula is C33H43N7O3. The predicted octanol–water partition coefficient (Wildman–Crippen LogP) is 4.29. The molecule has 228 valence electrons. The SMILES string of the molecule is C=CC(=O)N1CCN(c2nc(OC)nc3c2CCN(c2cccc4cccc(OC)c24)C3)CC1.CC#N.CN1CCCC1. The number of amides is 1. The Hall–Kier alpha value is -4.36. The molecule has 0 saturated carbocycles. The molecule has 0 unspecified atom stereocenters. The Morgan fingerprint density at radius 3 is 2.21 bits per heavy atom.